The SMILES string of the molecule is Cc1cc(C(=O)Cc2cccc(Cl)c2)cc(C)n1. The van der Waals surface area contributed by atoms with Crippen LogP contribution in [0.15, 0.2) is 36.4 Å². The second kappa shape index (κ2) is 5.32. The molecule has 0 saturated carbocycles. The maximum absolute atomic E-state index is 12.2. The van der Waals surface area contributed by atoms with E-state index in [1.165, 1.54) is 0 Å². The molecule has 0 spiro atoms. The third-order valence-corrected chi connectivity index (χ3v) is 2.89. The van der Waals surface area contributed by atoms with Gasteiger partial charge in [0.15, 0.2) is 5.78 Å². The molecule has 1 heterocycles. The molecular formula is C15H14ClNO. The van der Waals surface area contributed by atoms with Gasteiger partial charge < -0.3 is 0 Å². The maximum Gasteiger partial charge on any atom is 0.167 e. The van der Waals surface area contributed by atoms with E-state index < -0.39 is 0 Å². The highest BCUT2D eigenvalue weighted by Crippen LogP contribution is 2.14. The predicted octanol–water partition coefficient (Wildman–Crippen LogP) is 3.78. The monoisotopic (exact) mass is 259 g/mol. The van der Waals surface area contributed by atoms with E-state index in [2.05, 4.69) is 4.98 Å². The summed E-state index contributed by atoms with van der Waals surface area (Å²) in [4.78, 5) is 16.4. The molecular weight excluding hydrogens is 246 g/mol. The van der Waals surface area contributed by atoms with Gasteiger partial charge in [-0.15, -0.1) is 0 Å². The molecule has 18 heavy (non-hydrogen) atoms. The Hall–Kier alpha value is -1.67. The van der Waals surface area contributed by atoms with E-state index in [0.717, 1.165) is 17.0 Å². The first-order valence-electron chi connectivity index (χ1n) is 5.77. The molecule has 0 radical (unpaired) electrons. The molecule has 2 aromatic rings. The number of hydrogen-bond acceptors (Lipinski definition) is 2. The molecule has 0 aliphatic carbocycles. The van der Waals surface area contributed by atoms with Gasteiger partial charge >= 0.3 is 0 Å². The Morgan fingerprint density at radius 3 is 2.44 bits per heavy atom. The Morgan fingerprint density at radius 2 is 1.83 bits per heavy atom. The highest BCUT2D eigenvalue weighted by atomic mass is 35.5. The lowest BCUT2D eigenvalue weighted by molar-refractivity contribution is 0.0992. The standard InChI is InChI=1S/C15H14ClNO/c1-10-6-13(7-11(2)17-10)15(18)9-12-4-3-5-14(16)8-12/h3-8H,9H2,1-2H3. The molecule has 3 heteroatoms. The highest BCUT2D eigenvalue weighted by molar-refractivity contribution is 6.30. The maximum atomic E-state index is 12.2. The van der Waals surface area contributed by atoms with Crippen molar-refractivity contribution < 1.29 is 4.79 Å². The summed E-state index contributed by atoms with van der Waals surface area (Å²) in [5.74, 6) is 0.0888. The van der Waals surface area contributed by atoms with Crippen molar-refractivity contribution in [3.05, 3.63) is 63.9 Å². The van der Waals surface area contributed by atoms with Crippen LogP contribution in [0.3, 0.4) is 0 Å². The van der Waals surface area contributed by atoms with Crippen LogP contribution in [0.2, 0.25) is 5.02 Å². The molecule has 0 aliphatic rings. The molecule has 0 N–H and O–H groups in total. The fourth-order valence-electron chi connectivity index (χ4n) is 1.93. The van der Waals surface area contributed by atoms with E-state index in [-0.39, 0.29) is 5.78 Å². The number of ketones is 1. The number of carbonyl (C=O) groups is 1. The molecule has 0 saturated heterocycles. The molecule has 0 atom stereocenters. The number of carbonyl (C=O) groups excluding carboxylic acids is 1. The quantitative estimate of drug-likeness (QED) is 0.786. The number of pyridine rings is 1. The van der Waals surface area contributed by atoms with Crippen LogP contribution in [-0.2, 0) is 6.42 Å². The van der Waals surface area contributed by atoms with E-state index in [1.807, 2.05) is 44.2 Å². The summed E-state index contributed by atoms with van der Waals surface area (Å²) in [5.41, 5.74) is 3.37. The van der Waals surface area contributed by atoms with Crippen LogP contribution in [0.5, 0.6) is 0 Å². The van der Waals surface area contributed by atoms with Gasteiger partial charge in [-0.25, -0.2) is 0 Å². The normalized spacial score (nSPS) is 10.4. The Kier molecular flexibility index (Phi) is 3.78. The van der Waals surface area contributed by atoms with Gasteiger partial charge in [0.2, 0.25) is 0 Å². The van der Waals surface area contributed by atoms with Gasteiger partial charge in [-0.05, 0) is 43.7 Å². The Morgan fingerprint density at radius 1 is 1.17 bits per heavy atom. The van der Waals surface area contributed by atoms with Crippen molar-refractivity contribution in [1.82, 2.24) is 4.98 Å². The van der Waals surface area contributed by atoms with E-state index >= 15 is 0 Å². The minimum absolute atomic E-state index is 0.0888. The molecule has 0 bridgehead atoms. The fraction of sp³-hybridized carbons (Fsp3) is 0.200. The molecule has 1 aromatic heterocycles. The molecule has 2 rings (SSSR count). The van der Waals surface area contributed by atoms with Gasteiger partial charge in [0.25, 0.3) is 0 Å². The average molecular weight is 260 g/mol. The van der Waals surface area contributed by atoms with Crippen LogP contribution in [0.1, 0.15) is 27.3 Å². The zero-order valence-electron chi connectivity index (χ0n) is 10.4. The van der Waals surface area contributed by atoms with Gasteiger partial charge in [0, 0.05) is 28.4 Å². The fourth-order valence-corrected chi connectivity index (χ4v) is 2.14. The molecule has 0 aliphatic heterocycles. The second-order valence-electron chi connectivity index (χ2n) is 4.37. The summed E-state index contributed by atoms with van der Waals surface area (Å²) in [5, 5.41) is 0.655. The zero-order chi connectivity index (χ0) is 13.1. The minimum Gasteiger partial charge on any atom is -0.294 e. The lowest BCUT2D eigenvalue weighted by Crippen LogP contribution is -2.05. The topological polar surface area (TPSA) is 30.0 Å². The highest BCUT2D eigenvalue weighted by Gasteiger charge is 2.09. The van der Waals surface area contributed by atoms with Crippen LogP contribution in [0.4, 0.5) is 0 Å². The van der Waals surface area contributed by atoms with Gasteiger partial charge in [-0.3, -0.25) is 9.78 Å². The number of rotatable bonds is 3. The van der Waals surface area contributed by atoms with E-state index in [0.29, 0.717) is 17.0 Å². The third kappa shape index (κ3) is 3.17. The number of Topliss-reactive ketones (excluding diaryl/α,β-unsaturated/α-hetero) is 1. The summed E-state index contributed by atoms with van der Waals surface area (Å²) in [6, 6.07) is 11.0. The van der Waals surface area contributed by atoms with E-state index in [9.17, 15) is 4.79 Å². The van der Waals surface area contributed by atoms with Gasteiger partial charge in [-0.2, -0.15) is 0 Å². The number of halogens is 1. The van der Waals surface area contributed by atoms with Crippen molar-refractivity contribution in [2.24, 2.45) is 0 Å². The minimum atomic E-state index is 0.0888. The molecule has 0 amide bonds. The van der Waals surface area contributed by atoms with Crippen molar-refractivity contribution in [1.29, 1.82) is 0 Å². The van der Waals surface area contributed by atoms with Crippen molar-refractivity contribution in [2.45, 2.75) is 20.3 Å². The van der Waals surface area contributed by atoms with Crippen molar-refractivity contribution >= 4 is 17.4 Å². The van der Waals surface area contributed by atoms with Gasteiger partial charge in [0.1, 0.15) is 0 Å². The average Bonchev–Trinajstić information content (AvgIpc) is 2.27. The summed E-state index contributed by atoms with van der Waals surface area (Å²) in [6.07, 6.45) is 0.365. The Labute approximate surface area is 112 Å². The number of benzene rings is 1. The van der Waals surface area contributed by atoms with Crippen LogP contribution in [-0.4, -0.2) is 10.8 Å². The van der Waals surface area contributed by atoms with Crippen molar-refractivity contribution in [3.8, 4) is 0 Å². The van der Waals surface area contributed by atoms with Gasteiger partial charge in [-0.1, -0.05) is 23.7 Å². The summed E-state index contributed by atoms with van der Waals surface area (Å²) >= 11 is 5.90. The molecule has 2 nitrogen and oxygen atoms in total. The Bertz CT molecular complexity index is 573. The number of nitrogens with zero attached hydrogens (tertiary/aromatic N) is 1. The number of hydrogen-bond donors (Lipinski definition) is 0. The summed E-state index contributed by atoms with van der Waals surface area (Å²) in [6.45, 7) is 3.78. The summed E-state index contributed by atoms with van der Waals surface area (Å²) in [7, 11) is 0. The summed E-state index contributed by atoms with van der Waals surface area (Å²) < 4.78 is 0. The second-order valence-corrected chi connectivity index (χ2v) is 4.80. The lowest BCUT2D eigenvalue weighted by Gasteiger charge is -2.04. The zero-order valence-corrected chi connectivity index (χ0v) is 11.2. The van der Waals surface area contributed by atoms with E-state index in [1.54, 1.807) is 6.07 Å². The van der Waals surface area contributed by atoms with Crippen LogP contribution in [0.25, 0.3) is 0 Å². The van der Waals surface area contributed by atoms with E-state index in [4.69, 9.17) is 11.6 Å². The first-order chi connectivity index (χ1) is 8.54. The predicted molar refractivity (Wildman–Crippen MR) is 73.2 cm³/mol. The largest absolute Gasteiger partial charge is 0.294 e. The lowest BCUT2D eigenvalue weighted by atomic mass is 10.0. The van der Waals surface area contributed by atoms with Gasteiger partial charge in [0.05, 0.1) is 0 Å². The van der Waals surface area contributed by atoms with Crippen molar-refractivity contribution in [3.63, 3.8) is 0 Å². The molecule has 92 valence electrons. The third-order valence-electron chi connectivity index (χ3n) is 2.66. The van der Waals surface area contributed by atoms with Crippen LogP contribution < -0.4 is 0 Å². The smallest absolute Gasteiger partial charge is 0.167 e. The molecule has 0 unspecified atom stereocenters. The Balaban J connectivity index is 2.22. The number of aromatic nitrogens is 1. The van der Waals surface area contributed by atoms with Crippen LogP contribution in [0, 0.1) is 13.8 Å². The van der Waals surface area contributed by atoms with Crippen LogP contribution >= 0.6 is 11.6 Å². The first kappa shape index (κ1) is 12.8. The number of aryl methyl sites for hydroxylation is 2. The molecule has 1 aromatic carbocycles. The van der Waals surface area contributed by atoms with Crippen molar-refractivity contribution in [2.75, 3.05) is 0 Å². The molecule has 0 fully saturated rings. The first-order valence-corrected chi connectivity index (χ1v) is 6.15.